The second-order valence-electron chi connectivity index (χ2n) is 5.65. The lowest BCUT2D eigenvalue weighted by Crippen LogP contribution is -2.43. The molecule has 5 nitrogen and oxygen atoms in total. The Hall–Kier alpha value is -0.950. The van der Waals surface area contributed by atoms with Gasteiger partial charge in [0.15, 0.2) is 0 Å². The summed E-state index contributed by atoms with van der Waals surface area (Å²) in [5, 5.41) is 9.22. The molecule has 21 heavy (non-hydrogen) atoms. The van der Waals surface area contributed by atoms with Crippen LogP contribution in [-0.4, -0.2) is 44.6 Å². The molecular formula is C15H24N2O3S. The summed E-state index contributed by atoms with van der Waals surface area (Å²) in [5.74, 6) is 0. The molecule has 2 rings (SSSR count). The van der Waals surface area contributed by atoms with Gasteiger partial charge in [-0.05, 0) is 56.6 Å². The summed E-state index contributed by atoms with van der Waals surface area (Å²) in [7, 11) is -1.49. The van der Waals surface area contributed by atoms with Crippen molar-refractivity contribution < 1.29 is 13.5 Å². The molecule has 0 aliphatic carbocycles. The van der Waals surface area contributed by atoms with Gasteiger partial charge in [-0.25, -0.2) is 13.1 Å². The summed E-state index contributed by atoms with van der Waals surface area (Å²) in [4.78, 5) is 2.50. The molecule has 1 saturated heterocycles. The van der Waals surface area contributed by atoms with Gasteiger partial charge in [0, 0.05) is 6.04 Å². The Balaban J connectivity index is 2.22. The number of rotatable bonds is 5. The molecule has 2 N–H and O–H groups in total. The molecule has 0 radical (unpaired) electrons. The second-order valence-corrected chi connectivity index (χ2v) is 7.33. The normalized spacial score (nSPS) is 18.0. The summed E-state index contributed by atoms with van der Waals surface area (Å²) < 4.78 is 28.1. The number of benzene rings is 1. The van der Waals surface area contributed by atoms with Crippen LogP contribution in [0, 0.1) is 0 Å². The third kappa shape index (κ3) is 4.03. The molecule has 6 heteroatoms. The van der Waals surface area contributed by atoms with Crippen LogP contribution in [0.25, 0.3) is 0 Å². The van der Waals surface area contributed by atoms with Crippen LogP contribution in [0.15, 0.2) is 23.1 Å². The molecular weight excluding hydrogens is 288 g/mol. The van der Waals surface area contributed by atoms with Gasteiger partial charge >= 0.3 is 0 Å². The molecule has 1 aliphatic heterocycles. The van der Waals surface area contributed by atoms with Crippen LogP contribution in [-0.2, 0) is 23.1 Å². The van der Waals surface area contributed by atoms with E-state index in [-0.39, 0.29) is 12.6 Å². The van der Waals surface area contributed by atoms with E-state index in [9.17, 15) is 13.5 Å². The first-order valence-electron chi connectivity index (χ1n) is 7.39. The van der Waals surface area contributed by atoms with Crippen molar-refractivity contribution in [1.82, 2.24) is 9.62 Å². The van der Waals surface area contributed by atoms with E-state index in [4.69, 9.17) is 0 Å². The van der Waals surface area contributed by atoms with E-state index in [0.717, 1.165) is 31.5 Å². The van der Waals surface area contributed by atoms with E-state index >= 15 is 0 Å². The number of hydrogen-bond acceptors (Lipinski definition) is 4. The number of hydrogen-bond donors (Lipinski definition) is 2. The third-order valence-electron chi connectivity index (χ3n) is 4.02. The fourth-order valence-electron chi connectivity index (χ4n) is 2.65. The Morgan fingerprint density at radius 1 is 1.33 bits per heavy atom. The van der Waals surface area contributed by atoms with Crippen LogP contribution in [0.3, 0.4) is 0 Å². The number of aryl methyl sites for hydroxylation is 1. The van der Waals surface area contributed by atoms with Crippen LogP contribution < -0.4 is 4.72 Å². The van der Waals surface area contributed by atoms with Crippen molar-refractivity contribution in [2.45, 2.75) is 43.7 Å². The van der Waals surface area contributed by atoms with Crippen molar-refractivity contribution in [3.05, 3.63) is 29.3 Å². The molecule has 0 aromatic heterocycles. The molecule has 118 valence electrons. The highest BCUT2D eigenvalue weighted by molar-refractivity contribution is 7.89. The summed E-state index contributed by atoms with van der Waals surface area (Å²) in [6.07, 6.45) is 2.31. The minimum atomic E-state index is -3.53. The van der Waals surface area contributed by atoms with Gasteiger partial charge in [0.1, 0.15) is 0 Å². The molecule has 0 bridgehead atoms. The van der Waals surface area contributed by atoms with Gasteiger partial charge in [-0.2, -0.15) is 0 Å². The summed E-state index contributed by atoms with van der Waals surface area (Å²) in [5.41, 5.74) is 1.41. The zero-order chi connectivity index (χ0) is 15.5. The number of nitrogens with one attached hydrogen (secondary N) is 1. The van der Waals surface area contributed by atoms with Gasteiger partial charge in [0.05, 0.1) is 11.5 Å². The van der Waals surface area contributed by atoms with Crippen molar-refractivity contribution in [3.8, 4) is 0 Å². The first-order valence-corrected chi connectivity index (χ1v) is 8.88. The first-order chi connectivity index (χ1) is 9.96. The van der Waals surface area contributed by atoms with E-state index in [2.05, 4.69) is 9.62 Å². The average molecular weight is 312 g/mol. The van der Waals surface area contributed by atoms with E-state index in [1.54, 1.807) is 18.2 Å². The summed E-state index contributed by atoms with van der Waals surface area (Å²) >= 11 is 0. The summed E-state index contributed by atoms with van der Waals surface area (Å²) in [6, 6.07) is 5.13. The van der Waals surface area contributed by atoms with E-state index in [1.165, 1.54) is 0 Å². The maximum absolute atomic E-state index is 12.6. The number of aliphatic hydroxyl groups excluding tert-OH is 1. The highest BCUT2D eigenvalue weighted by Gasteiger charge is 2.25. The van der Waals surface area contributed by atoms with Gasteiger partial charge in [-0.3, -0.25) is 0 Å². The van der Waals surface area contributed by atoms with E-state index in [1.807, 2.05) is 14.0 Å². The molecule has 0 unspecified atom stereocenters. The average Bonchev–Trinajstić information content (AvgIpc) is 2.48. The minimum absolute atomic E-state index is 0.00584. The van der Waals surface area contributed by atoms with E-state index in [0.29, 0.717) is 16.9 Å². The standard InChI is InChI=1S/C15H24N2O3S/c1-3-13-5-4-12(11-18)10-15(13)21(19,20)16-14-6-8-17(2)9-7-14/h4-5,10,14,16,18H,3,6-9,11H2,1-2H3. The van der Waals surface area contributed by atoms with Gasteiger partial charge in [-0.1, -0.05) is 19.1 Å². The SMILES string of the molecule is CCc1ccc(CO)cc1S(=O)(=O)NC1CCN(C)CC1. The number of nitrogens with zero attached hydrogens (tertiary/aromatic N) is 1. The number of piperidine rings is 1. The number of sulfonamides is 1. The Bertz CT molecular complexity index is 579. The zero-order valence-corrected chi connectivity index (χ0v) is 13.5. The lowest BCUT2D eigenvalue weighted by Gasteiger charge is -2.29. The largest absolute Gasteiger partial charge is 0.392 e. The number of likely N-dealkylation sites (tertiary alicyclic amines) is 1. The second kappa shape index (κ2) is 6.87. The van der Waals surface area contributed by atoms with Crippen molar-refractivity contribution >= 4 is 10.0 Å². The lowest BCUT2D eigenvalue weighted by molar-refractivity contribution is 0.248. The van der Waals surface area contributed by atoms with Gasteiger partial charge in [0.2, 0.25) is 10.0 Å². The third-order valence-corrected chi connectivity index (χ3v) is 5.63. The highest BCUT2D eigenvalue weighted by atomic mass is 32.2. The van der Waals surface area contributed by atoms with E-state index < -0.39 is 10.0 Å². The zero-order valence-electron chi connectivity index (χ0n) is 12.7. The topological polar surface area (TPSA) is 69.6 Å². The fraction of sp³-hybridized carbons (Fsp3) is 0.600. The van der Waals surface area contributed by atoms with Crippen molar-refractivity contribution in [3.63, 3.8) is 0 Å². The predicted octanol–water partition coefficient (Wildman–Crippen LogP) is 1.11. The summed E-state index contributed by atoms with van der Waals surface area (Å²) in [6.45, 7) is 3.60. The molecule has 1 heterocycles. The number of aliphatic hydroxyl groups is 1. The maximum Gasteiger partial charge on any atom is 0.241 e. The quantitative estimate of drug-likeness (QED) is 0.855. The maximum atomic E-state index is 12.6. The van der Waals surface area contributed by atoms with Crippen molar-refractivity contribution in [2.24, 2.45) is 0 Å². The molecule has 1 aromatic carbocycles. The molecule has 0 atom stereocenters. The smallest absolute Gasteiger partial charge is 0.241 e. The minimum Gasteiger partial charge on any atom is -0.392 e. The Labute approximate surface area is 127 Å². The molecule has 1 fully saturated rings. The van der Waals surface area contributed by atoms with Crippen LogP contribution in [0.5, 0.6) is 0 Å². The van der Waals surface area contributed by atoms with Crippen LogP contribution in [0.1, 0.15) is 30.9 Å². The Morgan fingerprint density at radius 2 is 2.00 bits per heavy atom. The predicted molar refractivity (Wildman–Crippen MR) is 82.6 cm³/mol. The van der Waals surface area contributed by atoms with Crippen molar-refractivity contribution in [2.75, 3.05) is 20.1 Å². The molecule has 1 aliphatic rings. The molecule has 0 amide bonds. The monoisotopic (exact) mass is 312 g/mol. The van der Waals surface area contributed by atoms with Crippen LogP contribution >= 0.6 is 0 Å². The van der Waals surface area contributed by atoms with Crippen LogP contribution in [0.2, 0.25) is 0 Å². The lowest BCUT2D eigenvalue weighted by atomic mass is 10.1. The van der Waals surface area contributed by atoms with Crippen molar-refractivity contribution in [1.29, 1.82) is 0 Å². The van der Waals surface area contributed by atoms with Gasteiger partial charge < -0.3 is 10.0 Å². The first kappa shape index (κ1) is 16.4. The molecule has 0 saturated carbocycles. The highest BCUT2D eigenvalue weighted by Crippen LogP contribution is 2.20. The van der Waals surface area contributed by atoms with Gasteiger partial charge in [-0.15, -0.1) is 0 Å². The Morgan fingerprint density at radius 3 is 2.57 bits per heavy atom. The molecule has 0 spiro atoms. The van der Waals surface area contributed by atoms with Gasteiger partial charge in [0.25, 0.3) is 0 Å². The fourth-order valence-corrected chi connectivity index (χ4v) is 4.31. The van der Waals surface area contributed by atoms with Crippen LogP contribution in [0.4, 0.5) is 0 Å². The molecule has 1 aromatic rings. The Kier molecular flexibility index (Phi) is 5.37.